The molecule has 0 fully saturated rings. The highest BCUT2D eigenvalue weighted by Gasteiger charge is 2.03. The van der Waals surface area contributed by atoms with Crippen LogP contribution in [0.25, 0.3) is 0 Å². The maximum atomic E-state index is 11.4. The zero-order valence-electron chi connectivity index (χ0n) is 8.59. The van der Waals surface area contributed by atoms with Crippen LogP contribution >= 0.6 is 15.9 Å². The molecule has 0 radical (unpaired) electrons. The molecule has 1 aromatic heterocycles. The quantitative estimate of drug-likeness (QED) is 0.853. The van der Waals surface area contributed by atoms with Crippen molar-refractivity contribution in [2.45, 2.75) is 19.8 Å². The van der Waals surface area contributed by atoms with Gasteiger partial charge in [0.1, 0.15) is 5.82 Å². The second-order valence-electron chi connectivity index (χ2n) is 3.19. The van der Waals surface area contributed by atoms with E-state index in [1.54, 1.807) is 12.3 Å². The molecule has 0 unspecified atom stereocenters. The summed E-state index contributed by atoms with van der Waals surface area (Å²) in [5, 5.41) is 2.73. The van der Waals surface area contributed by atoms with E-state index in [0.717, 1.165) is 10.0 Å². The summed E-state index contributed by atoms with van der Waals surface area (Å²) in [5.41, 5.74) is 1.05. The number of nitrogens with zero attached hydrogens (tertiary/aromatic N) is 1. The maximum Gasteiger partial charge on any atom is 0.225 e. The monoisotopic (exact) mass is 268 g/mol. The molecular formula is C11H13BrN2O. The van der Waals surface area contributed by atoms with Crippen LogP contribution in [0.2, 0.25) is 0 Å². The normalized spacial score (nSPS) is 9.73. The molecule has 0 saturated heterocycles. The average molecular weight is 269 g/mol. The molecule has 3 nitrogen and oxygen atoms in total. The van der Waals surface area contributed by atoms with E-state index in [9.17, 15) is 4.79 Å². The first-order chi connectivity index (χ1) is 7.13. The van der Waals surface area contributed by atoms with Crippen LogP contribution in [0.15, 0.2) is 29.4 Å². The molecule has 1 N–H and O–H groups in total. The first-order valence-electron chi connectivity index (χ1n) is 4.66. The largest absolute Gasteiger partial charge is 0.311 e. The summed E-state index contributed by atoms with van der Waals surface area (Å²) in [6, 6.07) is 1.83. The number of carbonyl (C=O) groups is 1. The number of anilines is 1. The second-order valence-corrected chi connectivity index (χ2v) is 4.05. The Morgan fingerprint density at radius 3 is 3.07 bits per heavy atom. The molecule has 1 aromatic rings. The Labute approximate surface area is 97.7 Å². The molecule has 1 rings (SSSR count). The van der Waals surface area contributed by atoms with Crippen molar-refractivity contribution < 1.29 is 4.79 Å². The number of pyridine rings is 1. The lowest BCUT2D eigenvalue weighted by Crippen LogP contribution is -2.11. The summed E-state index contributed by atoms with van der Waals surface area (Å²) < 4.78 is 0.937. The van der Waals surface area contributed by atoms with Gasteiger partial charge in [0.25, 0.3) is 0 Å². The van der Waals surface area contributed by atoms with Gasteiger partial charge in [0.15, 0.2) is 0 Å². The number of hydrogen-bond donors (Lipinski definition) is 1. The molecule has 0 aliphatic rings. The van der Waals surface area contributed by atoms with Crippen molar-refractivity contribution in [3.05, 3.63) is 35.0 Å². The number of rotatable bonds is 4. The third-order valence-electron chi connectivity index (χ3n) is 1.89. The minimum atomic E-state index is -0.0378. The Morgan fingerprint density at radius 1 is 1.73 bits per heavy atom. The van der Waals surface area contributed by atoms with E-state index < -0.39 is 0 Å². The van der Waals surface area contributed by atoms with Crippen LogP contribution in [-0.4, -0.2) is 10.9 Å². The number of carbonyl (C=O) groups excluding carboxylic acids is 1. The maximum absolute atomic E-state index is 11.4. The Bertz CT molecular complexity index is 377. The number of allylic oxidation sites excluding steroid dienone is 1. The minimum absolute atomic E-state index is 0.0378. The van der Waals surface area contributed by atoms with Gasteiger partial charge in [-0.1, -0.05) is 6.08 Å². The molecule has 15 heavy (non-hydrogen) atoms. The molecule has 0 spiro atoms. The van der Waals surface area contributed by atoms with E-state index >= 15 is 0 Å². The van der Waals surface area contributed by atoms with Crippen LogP contribution in [0.5, 0.6) is 0 Å². The summed E-state index contributed by atoms with van der Waals surface area (Å²) >= 11 is 3.35. The molecule has 0 saturated carbocycles. The van der Waals surface area contributed by atoms with Crippen molar-refractivity contribution in [2.24, 2.45) is 0 Å². The van der Waals surface area contributed by atoms with Gasteiger partial charge in [-0.2, -0.15) is 0 Å². The third kappa shape index (κ3) is 3.83. The van der Waals surface area contributed by atoms with Crippen molar-refractivity contribution in [1.29, 1.82) is 0 Å². The highest BCUT2D eigenvalue weighted by atomic mass is 79.9. The van der Waals surface area contributed by atoms with E-state index in [1.807, 2.05) is 13.0 Å². The first-order valence-corrected chi connectivity index (χ1v) is 5.45. The van der Waals surface area contributed by atoms with E-state index in [-0.39, 0.29) is 5.91 Å². The predicted octanol–water partition coefficient (Wildman–Crippen LogP) is 3.06. The molecule has 0 aliphatic carbocycles. The minimum Gasteiger partial charge on any atom is -0.311 e. The highest BCUT2D eigenvalue weighted by molar-refractivity contribution is 9.10. The van der Waals surface area contributed by atoms with E-state index in [1.165, 1.54) is 0 Å². The number of aryl methyl sites for hydroxylation is 1. The fourth-order valence-electron chi connectivity index (χ4n) is 1.05. The standard InChI is InChI=1S/C11H13BrN2O/c1-3-4-5-11(15)14-10-6-8(2)9(12)7-13-10/h3,6-7H,1,4-5H2,2H3,(H,13,14,15). The van der Waals surface area contributed by atoms with Crippen molar-refractivity contribution in [2.75, 3.05) is 5.32 Å². The highest BCUT2D eigenvalue weighted by Crippen LogP contribution is 2.17. The average Bonchev–Trinajstić information content (AvgIpc) is 2.20. The van der Waals surface area contributed by atoms with Crippen LogP contribution in [0, 0.1) is 6.92 Å². The van der Waals surface area contributed by atoms with Gasteiger partial charge in [-0.15, -0.1) is 6.58 Å². The molecule has 1 heterocycles. The Balaban J connectivity index is 2.60. The molecule has 1 amide bonds. The summed E-state index contributed by atoms with van der Waals surface area (Å²) in [7, 11) is 0. The van der Waals surface area contributed by atoms with Crippen LogP contribution in [0.4, 0.5) is 5.82 Å². The lowest BCUT2D eigenvalue weighted by atomic mass is 10.2. The van der Waals surface area contributed by atoms with Gasteiger partial charge in [0.2, 0.25) is 5.91 Å². The van der Waals surface area contributed by atoms with Gasteiger partial charge < -0.3 is 5.32 Å². The third-order valence-corrected chi connectivity index (χ3v) is 2.72. The predicted molar refractivity (Wildman–Crippen MR) is 64.7 cm³/mol. The zero-order chi connectivity index (χ0) is 11.3. The number of amides is 1. The van der Waals surface area contributed by atoms with E-state index in [2.05, 4.69) is 32.8 Å². The molecule has 80 valence electrons. The molecule has 0 atom stereocenters. The summed E-state index contributed by atoms with van der Waals surface area (Å²) in [5.74, 6) is 0.550. The fraction of sp³-hybridized carbons (Fsp3) is 0.273. The Morgan fingerprint density at radius 2 is 2.47 bits per heavy atom. The fourth-order valence-corrected chi connectivity index (χ4v) is 1.26. The van der Waals surface area contributed by atoms with Crippen molar-refractivity contribution in [1.82, 2.24) is 4.98 Å². The molecule has 0 bridgehead atoms. The van der Waals surface area contributed by atoms with Gasteiger partial charge in [-0.25, -0.2) is 4.98 Å². The lowest BCUT2D eigenvalue weighted by Gasteiger charge is -2.04. The zero-order valence-corrected chi connectivity index (χ0v) is 10.2. The van der Waals surface area contributed by atoms with Gasteiger partial charge in [0.05, 0.1) is 0 Å². The number of nitrogens with one attached hydrogen (secondary N) is 1. The summed E-state index contributed by atoms with van der Waals surface area (Å²) in [4.78, 5) is 15.4. The van der Waals surface area contributed by atoms with Crippen LogP contribution in [0.1, 0.15) is 18.4 Å². The van der Waals surface area contributed by atoms with Gasteiger partial charge >= 0.3 is 0 Å². The van der Waals surface area contributed by atoms with Crippen molar-refractivity contribution in [3.8, 4) is 0 Å². The van der Waals surface area contributed by atoms with E-state index in [4.69, 9.17) is 0 Å². The Kier molecular flexibility index (Phi) is 4.49. The van der Waals surface area contributed by atoms with Crippen LogP contribution < -0.4 is 5.32 Å². The Hall–Kier alpha value is -1.16. The van der Waals surface area contributed by atoms with E-state index in [0.29, 0.717) is 18.7 Å². The van der Waals surface area contributed by atoms with Crippen molar-refractivity contribution in [3.63, 3.8) is 0 Å². The molecule has 4 heteroatoms. The molecular weight excluding hydrogens is 256 g/mol. The van der Waals surface area contributed by atoms with Crippen molar-refractivity contribution >= 4 is 27.7 Å². The van der Waals surface area contributed by atoms with Crippen LogP contribution in [-0.2, 0) is 4.79 Å². The lowest BCUT2D eigenvalue weighted by molar-refractivity contribution is -0.116. The summed E-state index contributed by atoms with van der Waals surface area (Å²) in [6.07, 6.45) is 4.53. The number of halogens is 1. The topological polar surface area (TPSA) is 42.0 Å². The number of hydrogen-bond acceptors (Lipinski definition) is 2. The van der Waals surface area contributed by atoms with Gasteiger partial charge in [-0.05, 0) is 40.9 Å². The van der Waals surface area contributed by atoms with Gasteiger partial charge in [-0.3, -0.25) is 4.79 Å². The second kappa shape index (κ2) is 5.66. The van der Waals surface area contributed by atoms with Gasteiger partial charge in [0, 0.05) is 17.1 Å². The molecule has 0 aliphatic heterocycles. The SMILES string of the molecule is C=CCCC(=O)Nc1cc(C)c(Br)cn1. The summed E-state index contributed by atoms with van der Waals surface area (Å²) in [6.45, 7) is 5.51. The molecule has 0 aromatic carbocycles. The van der Waals surface area contributed by atoms with Crippen LogP contribution in [0.3, 0.4) is 0 Å². The first kappa shape index (κ1) is 11.9. The smallest absolute Gasteiger partial charge is 0.225 e. The number of aromatic nitrogens is 1.